The van der Waals surface area contributed by atoms with Gasteiger partial charge in [0.1, 0.15) is 0 Å². The molecule has 0 spiro atoms. The summed E-state index contributed by atoms with van der Waals surface area (Å²) < 4.78 is 0. The van der Waals surface area contributed by atoms with Gasteiger partial charge >= 0.3 is 0 Å². The molecule has 0 amide bonds. The molecule has 4 heteroatoms. The normalized spacial score (nSPS) is 14.7. The Balaban J connectivity index is 3.32. The summed E-state index contributed by atoms with van der Waals surface area (Å²) in [6.07, 6.45) is 7.99. The van der Waals surface area contributed by atoms with Crippen LogP contribution in [0.1, 0.15) is 78.1 Å². The number of rotatable bonds is 13. The van der Waals surface area contributed by atoms with Gasteiger partial charge in [-0.1, -0.05) is 52.4 Å². The van der Waals surface area contributed by atoms with E-state index in [0.29, 0.717) is 12.8 Å². The van der Waals surface area contributed by atoms with Crippen molar-refractivity contribution < 1.29 is 20.0 Å². The van der Waals surface area contributed by atoms with Crippen molar-refractivity contribution in [2.45, 2.75) is 90.6 Å². The molecule has 4 nitrogen and oxygen atoms in total. The van der Waals surface area contributed by atoms with E-state index in [9.17, 15) is 10.2 Å². The Bertz CT molecular complexity index is 146. The molecule has 18 heavy (non-hydrogen) atoms. The summed E-state index contributed by atoms with van der Waals surface area (Å²) in [4.78, 5) is 9.49. The van der Waals surface area contributed by atoms with E-state index in [-0.39, 0.29) is 0 Å². The molecule has 2 atom stereocenters. The third-order valence-electron chi connectivity index (χ3n) is 2.89. The molecule has 0 aromatic rings. The van der Waals surface area contributed by atoms with Crippen molar-refractivity contribution in [1.29, 1.82) is 0 Å². The zero-order valence-corrected chi connectivity index (χ0v) is 11.9. The van der Waals surface area contributed by atoms with E-state index in [1.807, 2.05) is 0 Å². The Hall–Kier alpha value is -0.160. The van der Waals surface area contributed by atoms with E-state index in [4.69, 9.17) is 9.78 Å². The first-order valence-electron chi connectivity index (χ1n) is 7.39. The molecule has 0 rings (SSSR count). The van der Waals surface area contributed by atoms with Gasteiger partial charge < -0.3 is 10.2 Å². The van der Waals surface area contributed by atoms with E-state index in [0.717, 1.165) is 25.7 Å². The second-order valence-corrected chi connectivity index (χ2v) is 4.80. The first-order chi connectivity index (χ1) is 8.70. The summed E-state index contributed by atoms with van der Waals surface area (Å²) in [6.45, 7) is 4.29. The molecular formula is C14H30O4. The van der Waals surface area contributed by atoms with Crippen LogP contribution >= 0.6 is 0 Å². The molecule has 0 bridgehead atoms. The zero-order chi connectivity index (χ0) is 13.6. The highest BCUT2D eigenvalue weighted by atomic mass is 17.2. The Labute approximate surface area is 111 Å². The van der Waals surface area contributed by atoms with Gasteiger partial charge in [0.15, 0.2) is 12.6 Å². The lowest BCUT2D eigenvalue weighted by atomic mass is 10.1. The van der Waals surface area contributed by atoms with Gasteiger partial charge in [-0.15, -0.1) is 0 Å². The maximum absolute atomic E-state index is 9.45. The lowest BCUT2D eigenvalue weighted by Crippen LogP contribution is -2.19. The SMILES string of the molecule is CCCCCCC(O)OOC(O)CCCCCC. The molecule has 0 radical (unpaired) electrons. The lowest BCUT2D eigenvalue weighted by molar-refractivity contribution is -0.424. The molecule has 0 fully saturated rings. The largest absolute Gasteiger partial charge is 0.366 e. The predicted molar refractivity (Wildman–Crippen MR) is 71.7 cm³/mol. The van der Waals surface area contributed by atoms with Crippen molar-refractivity contribution in [3.63, 3.8) is 0 Å². The third kappa shape index (κ3) is 12.3. The van der Waals surface area contributed by atoms with E-state index in [1.165, 1.54) is 25.7 Å². The Morgan fingerprint density at radius 1 is 0.667 bits per heavy atom. The van der Waals surface area contributed by atoms with Crippen LogP contribution in [-0.4, -0.2) is 22.8 Å². The van der Waals surface area contributed by atoms with Crippen molar-refractivity contribution in [3.05, 3.63) is 0 Å². The highest BCUT2D eigenvalue weighted by Gasteiger charge is 2.10. The predicted octanol–water partition coefficient (Wildman–Crippen LogP) is 3.51. The van der Waals surface area contributed by atoms with Crippen LogP contribution in [0.2, 0.25) is 0 Å². The average Bonchev–Trinajstić information content (AvgIpc) is 2.37. The van der Waals surface area contributed by atoms with Gasteiger partial charge in [-0.3, -0.25) is 0 Å². The molecule has 110 valence electrons. The summed E-state index contributed by atoms with van der Waals surface area (Å²) >= 11 is 0. The number of hydrogen-bond donors (Lipinski definition) is 2. The molecule has 0 aliphatic heterocycles. The average molecular weight is 262 g/mol. The third-order valence-corrected chi connectivity index (χ3v) is 2.89. The number of hydrogen-bond acceptors (Lipinski definition) is 4. The van der Waals surface area contributed by atoms with Gasteiger partial charge in [-0.05, 0) is 12.8 Å². The lowest BCUT2D eigenvalue weighted by Gasteiger charge is -2.14. The first kappa shape index (κ1) is 17.8. The maximum Gasteiger partial charge on any atom is 0.188 e. The van der Waals surface area contributed by atoms with E-state index in [1.54, 1.807) is 0 Å². The fraction of sp³-hybridized carbons (Fsp3) is 1.00. The van der Waals surface area contributed by atoms with Gasteiger partial charge in [0, 0.05) is 12.8 Å². The van der Waals surface area contributed by atoms with Crippen LogP contribution < -0.4 is 0 Å². The van der Waals surface area contributed by atoms with Crippen molar-refractivity contribution >= 4 is 0 Å². The molecule has 2 unspecified atom stereocenters. The smallest absolute Gasteiger partial charge is 0.188 e. The van der Waals surface area contributed by atoms with Crippen LogP contribution in [-0.2, 0) is 9.78 Å². The number of aliphatic hydroxyl groups is 2. The maximum atomic E-state index is 9.45. The summed E-state index contributed by atoms with van der Waals surface area (Å²) in [7, 11) is 0. The van der Waals surface area contributed by atoms with E-state index >= 15 is 0 Å². The number of unbranched alkanes of at least 4 members (excludes halogenated alkanes) is 6. The molecular weight excluding hydrogens is 232 g/mol. The molecule has 2 N–H and O–H groups in total. The van der Waals surface area contributed by atoms with Gasteiger partial charge in [-0.2, -0.15) is 0 Å². The minimum absolute atomic E-state index is 0.558. The van der Waals surface area contributed by atoms with Crippen LogP contribution in [0.15, 0.2) is 0 Å². The van der Waals surface area contributed by atoms with Gasteiger partial charge in [0.25, 0.3) is 0 Å². The number of aliphatic hydroxyl groups excluding tert-OH is 2. The second kappa shape index (κ2) is 13.3. The van der Waals surface area contributed by atoms with Crippen molar-refractivity contribution in [3.8, 4) is 0 Å². The van der Waals surface area contributed by atoms with Gasteiger partial charge in [0.05, 0.1) is 0 Å². The standard InChI is InChI=1S/C14H30O4/c1-3-5-7-9-11-13(15)17-18-14(16)12-10-8-6-4-2/h13-16H,3-12H2,1-2H3. The zero-order valence-electron chi connectivity index (χ0n) is 11.9. The van der Waals surface area contributed by atoms with Gasteiger partial charge in [-0.25, -0.2) is 9.78 Å². The topological polar surface area (TPSA) is 58.9 Å². The van der Waals surface area contributed by atoms with Crippen LogP contribution in [0.3, 0.4) is 0 Å². The molecule has 0 heterocycles. The van der Waals surface area contributed by atoms with Crippen molar-refractivity contribution in [2.24, 2.45) is 0 Å². The van der Waals surface area contributed by atoms with E-state index < -0.39 is 12.6 Å². The Morgan fingerprint density at radius 2 is 1.06 bits per heavy atom. The van der Waals surface area contributed by atoms with Crippen LogP contribution in [0.4, 0.5) is 0 Å². The van der Waals surface area contributed by atoms with Gasteiger partial charge in [0.2, 0.25) is 0 Å². The van der Waals surface area contributed by atoms with Crippen LogP contribution in [0.25, 0.3) is 0 Å². The minimum atomic E-state index is -0.924. The summed E-state index contributed by atoms with van der Waals surface area (Å²) in [5.74, 6) is 0. The first-order valence-corrected chi connectivity index (χ1v) is 7.39. The minimum Gasteiger partial charge on any atom is -0.366 e. The van der Waals surface area contributed by atoms with Crippen LogP contribution in [0, 0.1) is 0 Å². The summed E-state index contributed by atoms with van der Waals surface area (Å²) in [5, 5.41) is 18.9. The molecule has 0 saturated heterocycles. The molecule has 0 aromatic heterocycles. The van der Waals surface area contributed by atoms with Crippen molar-refractivity contribution in [2.75, 3.05) is 0 Å². The fourth-order valence-corrected chi connectivity index (χ4v) is 1.72. The van der Waals surface area contributed by atoms with E-state index in [2.05, 4.69) is 13.8 Å². The molecule has 0 aliphatic rings. The van der Waals surface area contributed by atoms with Crippen molar-refractivity contribution in [1.82, 2.24) is 0 Å². The molecule has 0 aromatic carbocycles. The summed E-state index contributed by atoms with van der Waals surface area (Å²) in [6, 6.07) is 0. The molecule has 0 saturated carbocycles. The fourth-order valence-electron chi connectivity index (χ4n) is 1.72. The summed E-state index contributed by atoms with van der Waals surface area (Å²) in [5.41, 5.74) is 0. The highest BCUT2D eigenvalue weighted by molar-refractivity contribution is 4.45. The Morgan fingerprint density at radius 3 is 1.39 bits per heavy atom. The quantitative estimate of drug-likeness (QED) is 0.231. The molecule has 0 aliphatic carbocycles. The highest BCUT2D eigenvalue weighted by Crippen LogP contribution is 2.10. The second-order valence-electron chi connectivity index (χ2n) is 4.80. The monoisotopic (exact) mass is 262 g/mol. The Kier molecular flexibility index (Phi) is 13.2. The van der Waals surface area contributed by atoms with Crippen LogP contribution in [0.5, 0.6) is 0 Å².